The summed E-state index contributed by atoms with van der Waals surface area (Å²) in [7, 11) is 0. The van der Waals surface area contributed by atoms with Crippen molar-refractivity contribution in [2.45, 2.75) is 31.2 Å². The molecule has 5 unspecified atom stereocenters. The molecule has 2 bridgehead atoms. The van der Waals surface area contributed by atoms with E-state index in [1.165, 1.54) is 0 Å². The van der Waals surface area contributed by atoms with Crippen LogP contribution in [0.3, 0.4) is 0 Å². The third-order valence-corrected chi connectivity index (χ3v) is 3.72. The molecule has 0 radical (unpaired) electrons. The molecule has 0 spiro atoms. The molecule has 3 heterocycles. The molecule has 4 nitrogen and oxygen atoms in total. The molecule has 4 heteroatoms. The molecule has 0 aromatic rings. The smallest absolute Gasteiger partial charge is 0.312 e. The number of carbonyl (C=O) groups is 1. The van der Waals surface area contributed by atoms with Crippen molar-refractivity contribution in [3.05, 3.63) is 0 Å². The summed E-state index contributed by atoms with van der Waals surface area (Å²) in [6, 6.07) is 0. The van der Waals surface area contributed by atoms with Crippen molar-refractivity contribution in [2.24, 2.45) is 11.8 Å². The number of esters is 1. The molecule has 1 N–H and O–H groups in total. The van der Waals surface area contributed by atoms with Crippen LogP contribution in [0.2, 0.25) is 0 Å². The number of rotatable bonds is 0. The lowest BCUT2D eigenvalue weighted by molar-refractivity contribution is -0.150. The lowest BCUT2D eigenvalue weighted by Gasteiger charge is -2.30. The summed E-state index contributed by atoms with van der Waals surface area (Å²) in [4.78, 5) is 11.4. The maximum Gasteiger partial charge on any atom is 0.312 e. The molecular weight excluding hydrogens is 172 g/mol. The van der Waals surface area contributed by atoms with Crippen molar-refractivity contribution >= 4 is 5.97 Å². The van der Waals surface area contributed by atoms with Gasteiger partial charge < -0.3 is 14.6 Å². The largest absolute Gasteiger partial charge is 0.465 e. The van der Waals surface area contributed by atoms with Gasteiger partial charge in [-0.1, -0.05) is 0 Å². The van der Waals surface area contributed by atoms with Gasteiger partial charge in [-0.3, -0.25) is 4.79 Å². The third kappa shape index (κ3) is 0.718. The number of fused-ring (bicyclic) bond motifs is 5. The van der Waals surface area contributed by atoms with E-state index in [4.69, 9.17) is 9.47 Å². The zero-order valence-corrected chi connectivity index (χ0v) is 7.40. The second-order valence-electron chi connectivity index (χ2n) is 4.36. The van der Waals surface area contributed by atoms with E-state index in [9.17, 15) is 9.90 Å². The molecule has 0 saturated carbocycles. The molecule has 5 atom stereocenters. The second kappa shape index (κ2) is 2.07. The zero-order valence-electron chi connectivity index (χ0n) is 7.40. The van der Waals surface area contributed by atoms with E-state index < -0.39 is 11.7 Å². The number of cyclic esters (lactones) is 1. The number of hydrogen-bond donors (Lipinski definition) is 1. The van der Waals surface area contributed by atoms with Gasteiger partial charge >= 0.3 is 5.97 Å². The minimum Gasteiger partial charge on any atom is -0.465 e. The molecule has 3 fully saturated rings. The fourth-order valence-corrected chi connectivity index (χ4v) is 2.97. The average Bonchev–Trinajstić information content (AvgIpc) is 2.63. The number of ether oxygens (including phenoxy) is 2. The monoisotopic (exact) mass is 184 g/mol. The Morgan fingerprint density at radius 3 is 3.15 bits per heavy atom. The first kappa shape index (κ1) is 7.76. The van der Waals surface area contributed by atoms with Crippen molar-refractivity contribution in [1.29, 1.82) is 0 Å². The summed E-state index contributed by atoms with van der Waals surface area (Å²) >= 11 is 0. The van der Waals surface area contributed by atoms with Crippen LogP contribution in [0.15, 0.2) is 0 Å². The number of hydrogen-bond acceptors (Lipinski definition) is 4. The Hall–Kier alpha value is -0.610. The van der Waals surface area contributed by atoms with Crippen LogP contribution in [0.25, 0.3) is 0 Å². The molecule has 3 aliphatic rings. The molecule has 0 aromatic heterocycles. The van der Waals surface area contributed by atoms with E-state index in [1.54, 1.807) is 0 Å². The van der Waals surface area contributed by atoms with E-state index in [0.717, 1.165) is 0 Å². The van der Waals surface area contributed by atoms with E-state index in [2.05, 4.69) is 0 Å². The average molecular weight is 184 g/mol. The number of aliphatic hydroxyl groups excluding tert-OH is 1. The molecule has 3 saturated heterocycles. The van der Waals surface area contributed by atoms with Crippen LogP contribution in [-0.4, -0.2) is 35.5 Å². The van der Waals surface area contributed by atoms with Crippen LogP contribution >= 0.6 is 0 Å². The van der Waals surface area contributed by atoms with Gasteiger partial charge in [0.1, 0.15) is 5.60 Å². The summed E-state index contributed by atoms with van der Waals surface area (Å²) in [6.07, 6.45) is 0.162. The van der Waals surface area contributed by atoms with Gasteiger partial charge in [-0.25, -0.2) is 0 Å². The molecule has 0 aromatic carbocycles. The van der Waals surface area contributed by atoms with Gasteiger partial charge in [-0.15, -0.1) is 0 Å². The van der Waals surface area contributed by atoms with Crippen LogP contribution in [-0.2, 0) is 14.3 Å². The van der Waals surface area contributed by atoms with Gasteiger partial charge in [-0.05, 0) is 6.92 Å². The van der Waals surface area contributed by atoms with Crippen molar-refractivity contribution in [2.75, 3.05) is 6.61 Å². The fourth-order valence-electron chi connectivity index (χ4n) is 2.97. The Labute approximate surface area is 75.8 Å². The number of aliphatic hydroxyl groups is 1. The summed E-state index contributed by atoms with van der Waals surface area (Å²) < 4.78 is 10.6. The van der Waals surface area contributed by atoms with E-state index in [0.29, 0.717) is 13.0 Å². The van der Waals surface area contributed by atoms with Crippen LogP contribution in [0.4, 0.5) is 0 Å². The van der Waals surface area contributed by atoms with Gasteiger partial charge in [0.15, 0.2) is 0 Å². The zero-order chi connectivity index (χ0) is 9.22. The van der Waals surface area contributed by atoms with Gasteiger partial charge in [0.05, 0.1) is 24.7 Å². The van der Waals surface area contributed by atoms with E-state index in [-0.39, 0.29) is 23.9 Å². The van der Waals surface area contributed by atoms with Crippen molar-refractivity contribution in [3.63, 3.8) is 0 Å². The van der Waals surface area contributed by atoms with E-state index >= 15 is 0 Å². The highest BCUT2D eigenvalue weighted by atomic mass is 16.6. The van der Waals surface area contributed by atoms with Crippen LogP contribution < -0.4 is 0 Å². The topological polar surface area (TPSA) is 55.8 Å². The summed E-state index contributed by atoms with van der Waals surface area (Å²) in [5, 5.41) is 9.71. The van der Waals surface area contributed by atoms with Crippen molar-refractivity contribution in [3.8, 4) is 0 Å². The summed E-state index contributed by atoms with van der Waals surface area (Å²) in [5.41, 5.74) is -0.678. The lowest BCUT2D eigenvalue weighted by Crippen LogP contribution is -2.46. The van der Waals surface area contributed by atoms with Crippen molar-refractivity contribution in [1.82, 2.24) is 0 Å². The van der Waals surface area contributed by atoms with Gasteiger partial charge in [0.25, 0.3) is 0 Å². The Balaban J connectivity index is 2.03. The van der Waals surface area contributed by atoms with Crippen LogP contribution in [0.1, 0.15) is 13.3 Å². The Kier molecular flexibility index (Phi) is 1.23. The van der Waals surface area contributed by atoms with Gasteiger partial charge in [0, 0.05) is 12.3 Å². The second-order valence-corrected chi connectivity index (χ2v) is 4.36. The highest BCUT2D eigenvalue weighted by Gasteiger charge is 2.67. The minimum atomic E-state index is -0.678. The Bertz CT molecular complexity index is 277. The molecule has 13 heavy (non-hydrogen) atoms. The summed E-state index contributed by atoms with van der Waals surface area (Å²) in [5.74, 6) is -0.254. The highest BCUT2D eigenvalue weighted by Crippen LogP contribution is 2.53. The quantitative estimate of drug-likeness (QED) is 0.525. The predicted molar refractivity (Wildman–Crippen MR) is 41.8 cm³/mol. The Morgan fingerprint density at radius 1 is 1.62 bits per heavy atom. The normalized spacial score (nSPS) is 58.2. The highest BCUT2D eigenvalue weighted by molar-refractivity contribution is 5.77. The van der Waals surface area contributed by atoms with E-state index in [1.807, 2.05) is 6.92 Å². The minimum absolute atomic E-state index is 0.0245. The first-order valence-corrected chi connectivity index (χ1v) is 4.65. The first-order chi connectivity index (χ1) is 6.13. The van der Waals surface area contributed by atoms with Crippen LogP contribution in [0.5, 0.6) is 0 Å². The molecule has 72 valence electrons. The maximum atomic E-state index is 11.4. The standard InChI is InChI=1S/C9H12O4/c1-9-6(10)2-5(13-9)4-3-12-8(11)7(4)9/h4-7,10H,2-3H2,1H3. The maximum absolute atomic E-state index is 11.4. The van der Waals surface area contributed by atoms with Crippen molar-refractivity contribution < 1.29 is 19.4 Å². The van der Waals surface area contributed by atoms with Gasteiger partial charge in [-0.2, -0.15) is 0 Å². The molecule has 0 amide bonds. The molecule has 3 aliphatic heterocycles. The lowest BCUT2D eigenvalue weighted by atomic mass is 9.72. The molecule has 3 rings (SSSR count). The third-order valence-electron chi connectivity index (χ3n) is 3.72. The first-order valence-electron chi connectivity index (χ1n) is 4.65. The SMILES string of the molecule is CC12OC(CC1O)C1COC(=O)C12. The Morgan fingerprint density at radius 2 is 2.38 bits per heavy atom. The fraction of sp³-hybridized carbons (Fsp3) is 0.889. The van der Waals surface area contributed by atoms with Crippen LogP contribution in [0, 0.1) is 11.8 Å². The summed E-state index contributed by atoms with van der Waals surface area (Å²) in [6.45, 7) is 2.28. The molecular formula is C9H12O4. The van der Waals surface area contributed by atoms with Gasteiger partial charge in [0.2, 0.25) is 0 Å². The number of carbonyl (C=O) groups excluding carboxylic acids is 1. The molecule has 0 aliphatic carbocycles. The predicted octanol–water partition coefficient (Wildman–Crippen LogP) is -0.302.